The zero-order valence-corrected chi connectivity index (χ0v) is 20.2. The van der Waals surface area contributed by atoms with Crippen LogP contribution in [0.3, 0.4) is 0 Å². The van der Waals surface area contributed by atoms with Crippen molar-refractivity contribution in [1.29, 1.82) is 0 Å². The van der Waals surface area contributed by atoms with Gasteiger partial charge in [0.2, 0.25) is 11.9 Å². The van der Waals surface area contributed by atoms with Gasteiger partial charge in [0, 0.05) is 21.4 Å². The van der Waals surface area contributed by atoms with Gasteiger partial charge in [-0.15, -0.1) is 18.3 Å². The molecule has 0 unspecified atom stereocenters. The number of benzene rings is 2. The van der Waals surface area contributed by atoms with Crippen LogP contribution < -0.4 is 15.4 Å². The van der Waals surface area contributed by atoms with E-state index in [4.69, 9.17) is 11.6 Å². The summed E-state index contributed by atoms with van der Waals surface area (Å²) in [4.78, 5) is 21.7. The molecule has 13 heteroatoms. The Balaban J connectivity index is 1.69. The van der Waals surface area contributed by atoms with Crippen molar-refractivity contribution in [1.82, 2.24) is 24.9 Å². The Hall–Kier alpha value is -3.12. The van der Waals surface area contributed by atoms with Crippen LogP contribution in [0.4, 0.5) is 19.1 Å². The molecule has 0 spiro atoms. The Bertz CT molecular complexity index is 1440. The normalized spacial score (nSPS) is 16.8. The number of nitrogens with zero attached hydrogens (tertiary/aromatic N) is 4. The van der Waals surface area contributed by atoms with Crippen LogP contribution in [-0.2, 0) is 4.79 Å². The second-order valence-electron chi connectivity index (χ2n) is 7.91. The zero-order valence-electron chi connectivity index (χ0n) is 17.9. The number of aromatic nitrogens is 4. The van der Waals surface area contributed by atoms with Crippen LogP contribution in [0.2, 0.25) is 5.02 Å². The predicted octanol–water partition coefficient (Wildman–Crippen LogP) is 5.34. The highest BCUT2D eigenvalue weighted by molar-refractivity contribution is 9.10. The van der Waals surface area contributed by atoms with Gasteiger partial charge in [-0.2, -0.15) is 4.52 Å². The fourth-order valence-electron chi connectivity index (χ4n) is 3.93. The summed E-state index contributed by atoms with van der Waals surface area (Å²) in [6, 6.07) is 8.65. The number of carbonyl (C=O) groups excluding carboxylic acids is 1. The van der Waals surface area contributed by atoms with E-state index in [1.54, 1.807) is 18.2 Å². The molecule has 8 nitrogen and oxygen atoms in total. The first-order chi connectivity index (χ1) is 16.7. The van der Waals surface area contributed by atoms with E-state index in [0.29, 0.717) is 34.0 Å². The minimum Gasteiger partial charge on any atom is -0.405 e. The summed E-state index contributed by atoms with van der Waals surface area (Å²) in [6.45, 7) is 0.592. The molecular weight excluding hydrogens is 553 g/mol. The molecule has 0 bridgehead atoms. The van der Waals surface area contributed by atoms with Crippen LogP contribution in [0.5, 0.6) is 5.75 Å². The number of amides is 1. The van der Waals surface area contributed by atoms with E-state index in [2.05, 4.69) is 46.4 Å². The number of halogens is 5. The van der Waals surface area contributed by atoms with Crippen molar-refractivity contribution in [3.05, 3.63) is 45.9 Å². The quantitative estimate of drug-likeness (QED) is 0.345. The van der Waals surface area contributed by atoms with Crippen molar-refractivity contribution in [3.8, 4) is 17.1 Å². The Morgan fingerprint density at radius 1 is 1.20 bits per heavy atom. The van der Waals surface area contributed by atoms with E-state index in [0.717, 1.165) is 18.9 Å². The summed E-state index contributed by atoms with van der Waals surface area (Å²) in [7, 11) is 0. The third-order valence-electron chi connectivity index (χ3n) is 5.50. The molecule has 4 aromatic rings. The SMILES string of the molecule is O=C1NCCCC[C@@H]1Nc1nc2c(Br)cccc2c2nc(-c3ccc(Cl)cc3OC(F)(F)F)nn12. The van der Waals surface area contributed by atoms with Crippen LogP contribution in [0.25, 0.3) is 27.9 Å². The molecule has 1 aliphatic heterocycles. The summed E-state index contributed by atoms with van der Waals surface area (Å²) >= 11 is 9.40. The summed E-state index contributed by atoms with van der Waals surface area (Å²) in [5.74, 6) is -0.489. The fourth-order valence-corrected chi connectivity index (χ4v) is 4.54. The zero-order chi connectivity index (χ0) is 24.7. The molecule has 182 valence electrons. The summed E-state index contributed by atoms with van der Waals surface area (Å²) in [6.07, 6.45) is -2.65. The first kappa shape index (κ1) is 23.6. The number of hydrogen-bond acceptors (Lipinski definition) is 6. The third kappa shape index (κ3) is 4.85. The summed E-state index contributed by atoms with van der Waals surface area (Å²) in [5.41, 5.74) is 0.894. The molecule has 1 amide bonds. The average molecular weight is 570 g/mol. The van der Waals surface area contributed by atoms with E-state index in [1.807, 2.05) is 0 Å². The highest BCUT2D eigenvalue weighted by Gasteiger charge is 2.33. The first-order valence-electron chi connectivity index (χ1n) is 10.6. The van der Waals surface area contributed by atoms with E-state index in [1.165, 1.54) is 16.6 Å². The Kier molecular flexibility index (Phi) is 6.18. The number of fused-ring (bicyclic) bond motifs is 3. The molecule has 2 aromatic carbocycles. The molecule has 1 atom stereocenters. The number of hydrogen-bond donors (Lipinski definition) is 2. The Labute approximate surface area is 210 Å². The molecule has 2 N–H and O–H groups in total. The van der Waals surface area contributed by atoms with Crippen LogP contribution in [0, 0.1) is 0 Å². The number of rotatable bonds is 4. The second kappa shape index (κ2) is 9.15. The van der Waals surface area contributed by atoms with Gasteiger partial charge in [-0.25, -0.2) is 9.97 Å². The van der Waals surface area contributed by atoms with Crippen LogP contribution >= 0.6 is 27.5 Å². The van der Waals surface area contributed by atoms with Gasteiger partial charge in [0.25, 0.3) is 0 Å². The lowest BCUT2D eigenvalue weighted by atomic mass is 10.1. The Morgan fingerprint density at radius 2 is 2.03 bits per heavy atom. The minimum atomic E-state index is -4.93. The minimum absolute atomic E-state index is 0.00303. The van der Waals surface area contributed by atoms with Crippen molar-refractivity contribution < 1.29 is 22.7 Å². The molecule has 1 saturated heterocycles. The molecular formula is C22H17BrClF3N6O2. The lowest BCUT2D eigenvalue weighted by Crippen LogP contribution is -2.38. The molecule has 1 fully saturated rings. The van der Waals surface area contributed by atoms with Gasteiger partial charge in [0.05, 0.1) is 11.1 Å². The van der Waals surface area contributed by atoms with Crippen molar-refractivity contribution >= 4 is 55.9 Å². The van der Waals surface area contributed by atoms with Crippen LogP contribution in [0.1, 0.15) is 19.3 Å². The number of anilines is 1. The van der Waals surface area contributed by atoms with Gasteiger partial charge >= 0.3 is 6.36 Å². The largest absolute Gasteiger partial charge is 0.573 e. The third-order valence-corrected chi connectivity index (χ3v) is 6.38. The van der Waals surface area contributed by atoms with Gasteiger partial charge in [0.1, 0.15) is 11.8 Å². The summed E-state index contributed by atoms with van der Waals surface area (Å²) < 4.78 is 45.4. The molecule has 5 rings (SSSR count). The summed E-state index contributed by atoms with van der Waals surface area (Å²) in [5, 5.41) is 11.1. The number of ether oxygens (including phenoxy) is 1. The van der Waals surface area contributed by atoms with Crippen molar-refractivity contribution in [2.75, 3.05) is 11.9 Å². The van der Waals surface area contributed by atoms with E-state index >= 15 is 0 Å². The molecule has 1 aliphatic rings. The number of alkyl halides is 3. The second-order valence-corrected chi connectivity index (χ2v) is 9.21. The number of para-hydroxylation sites is 1. The van der Waals surface area contributed by atoms with Gasteiger partial charge in [0.15, 0.2) is 11.5 Å². The highest BCUT2D eigenvalue weighted by Crippen LogP contribution is 2.36. The van der Waals surface area contributed by atoms with Crippen molar-refractivity contribution in [3.63, 3.8) is 0 Å². The first-order valence-corrected chi connectivity index (χ1v) is 11.8. The predicted molar refractivity (Wildman–Crippen MR) is 127 cm³/mol. The standard InChI is InChI=1S/C22H17BrClF3N6O2/c23-14-5-3-4-13-17(14)30-21(29-15-6-1-2-9-28-20(15)34)33-19(13)31-18(32-33)12-8-7-11(24)10-16(12)35-22(25,26)27/h3-5,7-8,10,15H,1-2,6,9H2,(H,28,34)(H,29,30)/t15-/m0/s1. The van der Waals surface area contributed by atoms with E-state index in [-0.39, 0.29) is 28.3 Å². The lowest BCUT2D eigenvalue weighted by Gasteiger charge is -2.17. The smallest absolute Gasteiger partial charge is 0.405 e. The van der Waals surface area contributed by atoms with Gasteiger partial charge in [-0.05, 0) is 65.5 Å². The fraction of sp³-hybridized carbons (Fsp3) is 0.273. The average Bonchev–Trinajstić information content (AvgIpc) is 3.13. The number of nitrogens with one attached hydrogen (secondary N) is 2. The van der Waals surface area contributed by atoms with Gasteiger partial charge < -0.3 is 15.4 Å². The van der Waals surface area contributed by atoms with E-state index < -0.39 is 18.2 Å². The molecule has 3 heterocycles. The van der Waals surface area contributed by atoms with Gasteiger partial charge in [-0.3, -0.25) is 4.79 Å². The van der Waals surface area contributed by atoms with Crippen LogP contribution in [-0.4, -0.2) is 44.4 Å². The molecule has 0 radical (unpaired) electrons. The highest BCUT2D eigenvalue weighted by atomic mass is 79.9. The van der Waals surface area contributed by atoms with Crippen molar-refractivity contribution in [2.45, 2.75) is 31.7 Å². The molecule has 0 saturated carbocycles. The lowest BCUT2D eigenvalue weighted by molar-refractivity contribution is -0.274. The maximum atomic E-state index is 13.0. The monoisotopic (exact) mass is 568 g/mol. The van der Waals surface area contributed by atoms with Crippen LogP contribution in [0.15, 0.2) is 40.9 Å². The van der Waals surface area contributed by atoms with Gasteiger partial charge in [-0.1, -0.05) is 17.7 Å². The Morgan fingerprint density at radius 3 is 2.83 bits per heavy atom. The molecule has 35 heavy (non-hydrogen) atoms. The number of carbonyl (C=O) groups is 1. The topological polar surface area (TPSA) is 93.4 Å². The maximum absolute atomic E-state index is 13.0. The van der Waals surface area contributed by atoms with E-state index in [9.17, 15) is 18.0 Å². The molecule has 2 aromatic heterocycles. The maximum Gasteiger partial charge on any atom is 0.573 e. The van der Waals surface area contributed by atoms with Crippen molar-refractivity contribution in [2.24, 2.45) is 0 Å². The molecule has 0 aliphatic carbocycles.